The molecule has 7 nitrogen and oxygen atoms in total. The number of hydrogen-bond donors (Lipinski definition) is 1. The van der Waals surface area contributed by atoms with E-state index in [0.29, 0.717) is 23.7 Å². The highest BCUT2D eigenvalue weighted by atomic mass is 32.2. The van der Waals surface area contributed by atoms with Crippen LogP contribution in [-0.4, -0.2) is 37.9 Å². The van der Waals surface area contributed by atoms with Crippen molar-refractivity contribution >= 4 is 17.7 Å². The van der Waals surface area contributed by atoms with Gasteiger partial charge in [-0.25, -0.2) is 0 Å². The minimum Gasteiger partial charge on any atom is -0.464 e. The smallest absolute Gasteiger partial charge is 0.322 e. The largest absolute Gasteiger partial charge is 0.464 e. The minimum atomic E-state index is 0.333. The highest BCUT2D eigenvalue weighted by Crippen LogP contribution is 2.26. The summed E-state index contributed by atoms with van der Waals surface area (Å²) in [6.45, 7) is 7.09. The molecule has 0 amide bonds. The summed E-state index contributed by atoms with van der Waals surface area (Å²) in [7, 11) is 1.89. The van der Waals surface area contributed by atoms with E-state index in [1.165, 1.54) is 11.8 Å². The van der Waals surface area contributed by atoms with Crippen molar-refractivity contribution in [3.05, 3.63) is 11.8 Å². The number of rotatable bonds is 6. The maximum absolute atomic E-state index is 5.37. The summed E-state index contributed by atoms with van der Waals surface area (Å²) in [5, 5.41) is 8.93. The zero-order valence-electron chi connectivity index (χ0n) is 12.0. The molecule has 0 unspecified atom stereocenters. The van der Waals surface area contributed by atoms with Crippen LogP contribution in [0.2, 0.25) is 0 Å². The van der Waals surface area contributed by atoms with E-state index in [0.717, 1.165) is 17.3 Å². The highest BCUT2D eigenvalue weighted by Gasteiger charge is 2.11. The molecule has 0 spiro atoms. The van der Waals surface area contributed by atoms with Gasteiger partial charge in [0.2, 0.25) is 11.1 Å². The van der Waals surface area contributed by atoms with Gasteiger partial charge in [-0.1, -0.05) is 0 Å². The normalized spacial score (nSPS) is 10.6. The van der Waals surface area contributed by atoms with Crippen LogP contribution in [0.15, 0.2) is 16.2 Å². The standard InChI is InChI=1S/C12H18N6OS/c1-5-13-10-14-11(19-6-2)16-12(15-10)20-9-7-8(3)17-18(9)4/h7H,5-6H2,1-4H3,(H,13,14,15,16). The Hall–Kier alpha value is -1.83. The average molecular weight is 294 g/mol. The molecule has 2 aromatic rings. The van der Waals surface area contributed by atoms with Gasteiger partial charge >= 0.3 is 6.01 Å². The summed E-state index contributed by atoms with van der Waals surface area (Å²) in [6.07, 6.45) is 0. The maximum atomic E-state index is 5.37. The van der Waals surface area contributed by atoms with Crippen LogP contribution in [0.3, 0.4) is 0 Å². The van der Waals surface area contributed by atoms with Gasteiger partial charge < -0.3 is 10.1 Å². The van der Waals surface area contributed by atoms with Crippen molar-refractivity contribution in [2.45, 2.75) is 31.0 Å². The van der Waals surface area contributed by atoms with Gasteiger partial charge in [0, 0.05) is 13.6 Å². The first-order valence-corrected chi connectivity index (χ1v) is 7.25. The second-order valence-corrected chi connectivity index (χ2v) is 5.02. The molecule has 0 radical (unpaired) electrons. The topological polar surface area (TPSA) is 77.8 Å². The fraction of sp³-hybridized carbons (Fsp3) is 0.500. The number of nitrogens with one attached hydrogen (secondary N) is 1. The lowest BCUT2D eigenvalue weighted by Gasteiger charge is -2.07. The van der Waals surface area contributed by atoms with Gasteiger partial charge in [0.15, 0.2) is 0 Å². The summed E-state index contributed by atoms with van der Waals surface area (Å²) in [5.41, 5.74) is 0.959. The molecular weight excluding hydrogens is 276 g/mol. The molecule has 0 aliphatic carbocycles. The predicted molar refractivity (Wildman–Crippen MR) is 77.2 cm³/mol. The van der Waals surface area contributed by atoms with Crippen LogP contribution >= 0.6 is 11.8 Å². The fourth-order valence-electron chi connectivity index (χ4n) is 1.59. The van der Waals surface area contributed by atoms with Crippen molar-refractivity contribution in [2.24, 2.45) is 7.05 Å². The third-order valence-electron chi connectivity index (χ3n) is 2.36. The molecule has 0 fully saturated rings. The third-order valence-corrected chi connectivity index (χ3v) is 3.31. The van der Waals surface area contributed by atoms with Crippen molar-refractivity contribution in [2.75, 3.05) is 18.5 Å². The molecule has 8 heteroatoms. The first kappa shape index (κ1) is 14.6. The summed E-state index contributed by atoms with van der Waals surface area (Å²) < 4.78 is 7.17. The lowest BCUT2D eigenvalue weighted by Crippen LogP contribution is -2.07. The molecule has 0 saturated heterocycles. The fourth-order valence-corrected chi connectivity index (χ4v) is 2.44. The molecule has 0 aliphatic heterocycles. The zero-order valence-corrected chi connectivity index (χ0v) is 12.9. The quantitative estimate of drug-likeness (QED) is 0.871. The molecule has 0 aliphatic rings. The second-order valence-electron chi connectivity index (χ2n) is 4.04. The highest BCUT2D eigenvalue weighted by molar-refractivity contribution is 7.99. The zero-order chi connectivity index (χ0) is 14.5. The van der Waals surface area contributed by atoms with Crippen molar-refractivity contribution in [1.82, 2.24) is 24.7 Å². The molecule has 2 rings (SSSR count). The maximum Gasteiger partial charge on any atom is 0.322 e. The monoisotopic (exact) mass is 294 g/mol. The average Bonchev–Trinajstić information content (AvgIpc) is 2.68. The van der Waals surface area contributed by atoms with Crippen LogP contribution in [0.1, 0.15) is 19.5 Å². The Morgan fingerprint density at radius 1 is 1.30 bits per heavy atom. The Bertz CT molecular complexity index is 561. The molecule has 20 heavy (non-hydrogen) atoms. The van der Waals surface area contributed by atoms with E-state index in [9.17, 15) is 0 Å². The van der Waals surface area contributed by atoms with Crippen molar-refractivity contribution in [1.29, 1.82) is 0 Å². The van der Waals surface area contributed by atoms with Gasteiger partial charge in [-0.3, -0.25) is 4.68 Å². The predicted octanol–water partition coefficient (Wildman–Crippen LogP) is 1.90. The first-order valence-electron chi connectivity index (χ1n) is 6.43. The van der Waals surface area contributed by atoms with E-state index in [1.54, 1.807) is 4.68 Å². The Kier molecular flexibility index (Phi) is 4.78. The van der Waals surface area contributed by atoms with Gasteiger partial charge in [0.25, 0.3) is 0 Å². The molecular formula is C12H18N6OS. The van der Waals surface area contributed by atoms with Gasteiger partial charge in [0.1, 0.15) is 5.03 Å². The van der Waals surface area contributed by atoms with Crippen LogP contribution in [0.4, 0.5) is 5.95 Å². The summed E-state index contributed by atoms with van der Waals surface area (Å²) in [5.74, 6) is 0.521. The number of anilines is 1. The lowest BCUT2D eigenvalue weighted by atomic mass is 10.5. The van der Waals surface area contributed by atoms with E-state index in [2.05, 4.69) is 25.4 Å². The van der Waals surface area contributed by atoms with E-state index in [-0.39, 0.29) is 0 Å². The number of aromatic nitrogens is 5. The molecule has 0 aromatic carbocycles. The van der Waals surface area contributed by atoms with Gasteiger partial charge in [-0.05, 0) is 38.6 Å². The molecule has 108 valence electrons. The van der Waals surface area contributed by atoms with E-state index >= 15 is 0 Å². The molecule has 2 heterocycles. The minimum absolute atomic E-state index is 0.333. The van der Waals surface area contributed by atoms with Gasteiger partial charge in [-0.15, -0.1) is 0 Å². The van der Waals surface area contributed by atoms with Crippen molar-refractivity contribution in [3.8, 4) is 6.01 Å². The molecule has 1 N–H and O–H groups in total. The number of ether oxygens (including phenoxy) is 1. The second kappa shape index (κ2) is 6.56. The third kappa shape index (κ3) is 3.60. The van der Waals surface area contributed by atoms with E-state index in [4.69, 9.17) is 4.74 Å². The van der Waals surface area contributed by atoms with Gasteiger partial charge in [0.05, 0.1) is 12.3 Å². The number of aryl methyl sites for hydroxylation is 2. The molecule has 0 bridgehead atoms. The number of hydrogen-bond acceptors (Lipinski definition) is 7. The van der Waals surface area contributed by atoms with Crippen molar-refractivity contribution in [3.63, 3.8) is 0 Å². The van der Waals surface area contributed by atoms with Crippen LogP contribution in [-0.2, 0) is 7.05 Å². The van der Waals surface area contributed by atoms with Crippen molar-refractivity contribution < 1.29 is 4.74 Å². The SMILES string of the molecule is CCNc1nc(OCC)nc(Sc2cc(C)nn2C)n1. The van der Waals surface area contributed by atoms with E-state index < -0.39 is 0 Å². The van der Waals surface area contributed by atoms with Crippen LogP contribution in [0.25, 0.3) is 0 Å². The summed E-state index contributed by atoms with van der Waals surface area (Å²) >= 11 is 1.43. The summed E-state index contributed by atoms with van der Waals surface area (Å²) in [4.78, 5) is 12.8. The van der Waals surface area contributed by atoms with Gasteiger partial charge in [-0.2, -0.15) is 20.1 Å². The molecule has 0 atom stereocenters. The number of nitrogens with zero attached hydrogens (tertiary/aromatic N) is 5. The molecule has 0 saturated carbocycles. The Balaban J connectivity index is 2.27. The Morgan fingerprint density at radius 3 is 2.70 bits per heavy atom. The van der Waals surface area contributed by atoms with Crippen LogP contribution < -0.4 is 10.1 Å². The summed E-state index contributed by atoms with van der Waals surface area (Å²) in [6, 6.07) is 2.32. The Morgan fingerprint density at radius 2 is 2.10 bits per heavy atom. The lowest BCUT2D eigenvalue weighted by molar-refractivity contribution is 0.308. The Labute approximate surface area is 122 Å². The van der Waals surface area contributed by atoms with Crippen LogP contribution in [0, 0.1) is 6.92 Å². The molecule has 2 aromatic heterocycles. The van der Waals surface area contributed by atoms with E-state index in [1.807, 2.05) is 33.9 Å². The first-order chi connectivity index (χ1) is 9.62. The van der Waals surface area contributed by atoms with Crippen LogP contribution in [0.5, 0.6) is 6.01 Å².